The number of nitriles is 1. The van der Waals surface area contributed by atoms with Gasteiger partial charge in [0.2, 0.25) is 6.19 Å². The number of amidine groups is 1. The lowest BCUT2D eigenvalue weighted by atomic mass is 10.1. The fourth-order valence-corrected chi connectivity index (χ4v) is 2.74. The van der Waals surface area contributed by atoms with E-state index in [9.17, 15) is 0 Å². The van der Waals surface area contributed by atoms with Crippen molar-refractivity contribution < 1.29 is 4.74 Å². The molecule has 76 valence electrons. The van der Waals surface area contributed by atoms with E-state index in [1.54, 1.807) is 11.8 Å². The van der Waals surface area contributed by atoms with Crippen LogP contribution in [0, 0.1) is 17.4 Å². The van der Waals surface area contributed by atoms with Crippen molar-refractivity contribution in [2.45, 2.75) is 6.42 Å². The van der Waals surface area contributed by atoms with E-state index >= 15 is 0 Å². The van der Waals surface area contributed by atoms with E-state index in [4.69, 9.17) is 10.00 Å². The highest BCUT2D eigenvalue weighted by molar-refractivity contribution is 8.14. The van der Waals surface area contributed by atoms with Gasteiger partial charge in [0.25, 0.3) is 0 Å². The lowest BCUT2D eigenvalue weighted by Gasteiger charge is -2.20. The molecule has 0 spiro atoms. The minimum absolute atomic E-state index is 0.623. The van der Waals surface area contributed by atoms with Crippen molar-refractivity contribution in [3.8, 4) is 6.19 Å². The summed E-state index contributed by atoms with van der Waals surface area (Å²) in [5.74, 6) is 1.67. The second-order valence-electron chi connectivity index (χ2n) is 3.52. The van der Waals surface area contributed by atoms with Gasteiger partial charge in [-0.25, -0.2) is 0 Å². The molecule has 0 aliphatic carbocycles. The SMILES string of the molecule is N#CN=C1SCCN1CC1CCOC1. The molecule has 2 heterocycles. The third-order valence-corrected chi connectivity index (χ3v) is 3.51. The van der Waals surface area contributed by atoms with E-state index < -0.39 is 0 Å². The van der Waals surface area contributed by atoms with Gasteiger partial charge >= 0.3 is 0 Å². The molecule has 14 heavy (non-hydrogen) atoms. The summed E-state index contributed by atoms with van der Waals surface area (Å²) in [6.45, 7) is 3.76. The normalized spacial score (nSPS) is 29.8. The zero-order valence-electron chi connectivity index (χ0n) is 7.98. The van der Waals surface area contributed by atoms with Crippen molar-refractivity contribution in [3.05, 3.63) is 0 Å². The highest BCUT2D eigenvalue weighted by atomic mass is 32.2. The number of ether oxygens (including phenoxy) is 1. The van der Waals surface area contributed by atoms with Crippen LogP contribution in [-0.4, -0.2) is 42.1 Å². The molecule has 5 heteroatoms. The molecule has 1 atom stereocenters. The first-order valence-electron chi connectivity index (χ1n) is 4.82. The predicted octanol–water partition coefficient (Wildman–Crippen LogP) is 0.909. The molecule has 0 aromatic carbocycles. The van der Waals surface area contributed by atoms with Crippen LogP contribution in [0.4, 0.5) is 0 Å². The molecule has 0 bridgehead atoms. The molecule has 2 aliphatic rings. The molecule has 2 fully saturated rings. The zero-order valence-corrected chi connectivity index (χ0v) is 8.79. The molecular formula is C9H13N3OS. The second-order valence-corrected chi connectivity index (χ2v) is 4.58. The Morgan fingerprint density at radius 1 is 1.71 bits per heavy atom. The van der Waals surface area contributed by atoms with Gasteiger partial charge < -0.3 is 9.64 Å². The first-order chi connectivity index (χ1) is 6.90. The van der Waals surface area contributed by atoms with Crippen molar-refractivity contribution in [2.75, 3.05) is 32.1 Å². The highest BCUT2D eigenvalue weighted by Gasteiger charge is 2.25. The van der Waals surface area contributed by atoms with Crippen molar-refractivity contribution in [3.63, 3.8) is 0 Å². The summed E-state index contributed by atoms with van der Waals surface area (Å²) in [6.07, 6.45) is 3.00. The van der Waals surface area contributed by atoms with Crippen LogP contribution in [0.15, 0.2) is 4.99 Å². The second kappa shape index (κ2) is 4.67. The largest absolute Gasteiger partial charge is 0.381 e. The van der Waals surface area contributed by atoms with Crippen LogP contribution in [0.3, 0.4) is 0 Å². The summed E-state index contributed by atoms with van der Waals surface area (Å²) in [6, 6.07) is 0. The predicted molar refractivity (Wildman–Crippen MR) is 56.0 cm³/mol. The first-order valence-corrected chi connectivity index (χ1v) is 5.81. The van der Waals surface area contributed by atoms with Crippen LogP contribution in [0.1, 0.15) is 6.42 Å². The Bertz CT molecular complexity index is 268. The standard InChI is InChI=1S/C9H13N3OS/c10-7-11-9-12(2-4-14-9)5-8-1-3-13-6-8/h8H,1-6H2. The topological polar surface area (TPSA) is 48.6 Å². The van der Waals surface area contributed by atoms with Crippen molar-refractivity contribution in [1.29, 1.82) is 5.26 Å². The maximum atomic E-state index is 8.50. The van der Waals surface area contributed by atoms with Crippen molar-refractivity contribution in [1.82, 2.24) is 4.90 Å². The number of thioether (sulfide) groups is 1. The lowest BCUT2D eigenvalue weighted by Crippen LogP contribution is -2.30. The van der Waals surface area contributed by atoms with Gasteiger partial charge in [0.1, 0.15) is 0 Å². The van der Waals surface area contributed by atoms with E-state index in [-0.39, 0.29) is 0 Å². The lowest BCUT2D eigenvalue weighted by molar-refractivity contribution is 0.180. The first kappa shape index (κ1) is 9.81. The number of rotatable bonds is 2. The number of hydrogen-bond acceptors (Lipinski definition) is 4. The maximum absolute atomic E-state index is 8.50. The van der Waals surface area contributed by atoms with E-state index in [0.29, 0.717) is 5.92 Å². The van der Waals surface area contributed by atoms with Gasteiger partial charge in [0.05, 0.1) is 6.61 Å². The molecule has 2 aliphatic heterocycles. The number of aliphatic imine (C=N–C) groups is 1. The van der Waals surface area contributed by atoms with Gasteiger partial charge in [-0.05, 0) is 6.42 Å². The Hall–Kier alpha value is -0.730. The summed E-state index contributed by atoms with van der Waals surface area (Å²) in [5, 5.41) is 9.39. The smallest absolute Gasteiger partial charge is 0.208 e. The van der Waals surface area contributed by atoms with Crippen molar-refractivity contribution >= 4 is 16.9 Å². The van der Waals surface area contributed by atoms with E-state index in [1.807, 2.05) is 6.19 Å². The molecule has 2 saturated heterocycles. The Labute approximate surface area is 87.9 Å². The number of nitrogens with zero attached hydrogens (tertiary/aromatic N) is 3. The van der Waals surface area contributed by atoms with Crippen molar-refractivity contribution in [2.24, 2.45) is 10.9 Å². The molecular weight excluding hydrogens is 198 g/mol. The fraction of sp³-hybridized carbons (Fsp3) is 0.778. The molecule has 1 unspecified atom stereocenters. The van der Waals surface area contributed by atoms with Gasteiger partial charge in [0.15, 0.2) is 5.17 Å². The third kappa shape index (κ3) is 2.20. The summed E-state index contributed by atoms with van der Waals surface area (Å²) < 4.78 is 5.32. The van der Waals surface area contributed by atoms with Gasteiger partial charge in [0, 0.05) is 31.4 Å². The van der Waals surface area contributed by atoms with Crippen LogP contribution in [-0.2, 0) is 4.74 Å². The maximum Gasteiger partial charge on any atom is 0.208 e. The van der Waals surface area contributed by atoms with Crippen LogP contribution in [0.25, 0.3) is 0 Å². The Morgan fingerprint density at radius 3 is 3.36 bits per heavy atom. The summed E-state index contributed by atoms with van der Waals surface area (Å²) in [7, 11) is 0. The van der Waals surface area contributed by atoms with Crippen LogP contribution in [0.2, 0.25) is 0 Å². The minimum atomic E-state index is 0.623. The molecule has 0 radical (unpaired) electrons. The quantitative estimate of drug-likeness (QED) is 0.637. The number of hydrogen-bond donors (Lipinski definition) is 0. The monoisotopic (exact) mass is 211 g/mol. The molecule has 2 rings (SSSR count). The molecule has 0 amide bonds. The molecule has 0 saturated carbocycles. The average Bonchev–Trinajstić information content (AvgIpc) is 2.80. The van der Waals surface area contributed by atoms with Crippen LogP contribution in [0.5, 0.6) is 0 Å². The average molecular weight is 211 g/mol. The minimum Gasteiger partial charge on any atom is -0.381 e. The molecule has 4 nitrogen and oxygen atoms in total. The summed E-state index contributed by atoms with van der Waals surface area (Å²) in [4.78, 5) is 6.02. The third-order valence-electron chi connectivity index (χ3n) is 2.51. The highest BCUT2D eigenvalue weighted by Crippen LogP contribution is 2.22. The Kier molecular flexibility index (Phi) is 3.27. The Balaban J connectivity index is 1.90. The molecule has 0 aromatic rings. The van der Waals surface area contributed by atoms with Crippen LogP contribution >= 0.6 is 11.8 Å². The van der Waals surface area contributed by atoms with E-state index in [0.717, 1.165) is 43.6 Å². The molecule has 0 aromatic heterocycles. The van der Waals surface area contributed by atoms with E-state index in [1.165, 1.54) is 0 Å². The van der Waals surface area contributed by atoms with E-state index in [2.05, 4.69) is 9.89 Å². The van der Waals surface area contributed by atoms with Crippen LogP contribution < -0.4 is 0 Å². The molecule has 0 N–H and O–H groups in total. The Morgan fingerprint density at radius 2 is 2.64 bits per heavy atom. The van der Waals surface area contributed by atoms with Gasteiger partial charge in [-0.1, -0.05) is 11.8 Å². The summed E-state index contributed by atoms with van der Waals surface area (Å²) in [5.41, 5.74) is 0. The summed E-state index contributed by atoms with van der Waals surface area (Å²) >= 11 is 1.67. The van der Waals surface area contributed by atoms with Gasteiger partial charge in [-0.3, -0.25) is 0 Å². The zero-order chi connectivity index (χ0) is 9.80. The van der Waals surface area contributed by atoms with Gasteiger partial charge in [-0.2, -0.15) is 5.26 Å². The van der Waals surface area contributed by atoms with Gasteiger partial charge in [-0.15, -0.1) is 4.99 Å². The fourth-order valence-electron chi connectivity index (χ4n) is 1.79.